The van der Waals surface area contributed by atoms with Crippen LogP contribution in [0.25, 0.3) is 22.0 Å². The van der Waals surface area contributed by atoms with Gasteiger partial charge in [-0.25, -0.2) is 9.18 Å². The number of methoxy groups -OCH3 is 1. The lowest BCUT2D eigenvalue weighted by Gasteiger charge is -2.36. The number of anilines is 1. The summed E-state index contributed by atoms with van der Waals surface area (Å²) < 4.78 is 22.7. The summed E-state index contributed by atoms with van der Waals surface area (Å²) in [4.78, 5) is 25.0. The number of aromatic nitrogens is 1. The standard InChI is InChI=1S/C24H17FN2O4S/c1-31-21-17(12-7-9-14(26)10-8-12)16(25)11-15-19(21)27-22(13-5-3-2-4-6-13)32-23(27)18(20(15)28)24(29)30/h2-11,22H,26H2,1H3,(H,29,30). The summed E-state index contributed by atoms with van der Waals surface area (Å²) in [6.45, 7) is 0. The molecule has 8 heteroatoms. The van der Waals surface area contributed by atoms with Gasteiger partial charge in [0.05, 0.1) is 28.6 Å². The number of rotatable bonds is 4. The van der Waals surface area contributed by atoms with Gasteiger partial charge in [0, 0.05) is 5.69 Å². The maximum Gasteiger partial charge on any atom is 0.342 e. The number of carbonyl (C=O) groups is 1. The van der Waals surface area contributed by atoms with E-state index in [2.05, 4.69) is 0 Å². The Morgan fingerprint density at radius 1 is 1.16 bits per heavy atom. The van der Waals surface area contributed by atoms with Gasteiger partial charge in [-0.05, 0) is 29.3 Å². The van der Waals surface area contributed by atoms with E-state index in [1.165, 1.54) is 18.9 Å². The summed E-state index contributed by atoms with van der Waals surface area (Å²) in [6, 6.07) is 17.2. The number of hydrogen-bond donors (Lipinski definition) is 2. The van der Waals surface area contributed by atoms with Gasteiger partial charge in [-0.1, -0.05) is 54.2 Å². The number of carboxylic acid groups (broad SMARTS) is 1. The molecule has 0 radical (unpaired) electrons. The Bertz CT molecular complexity index is 1450. The number of pyridine rings is 1. The Morgan fingerprint density at radius 2 is 1.84 bits per heavy atom. The number of nitrogen functional groups attached to an aromatic ring is 1. The van der Waals surface area contributed by atoms with Crippen molar-refractivity contribution in [1.82, 2.24) is 4.57 Å². The Hall–Kier alpha value is -3.78. The van der Waals surface area contributed by atoms with Crippen molar-refractivity contribution in [2.24, 2.45) is 0 Å². The molecule has 0 saturated carbocycles. The molecule has 2 heterocycles. The van der Waals surface area contributed by atoms with Crippen molar-refractivity contribution in [1.29, 1.82) is 0 Å². The zero-order valence-corrected chi connectivity index (χ0v) is 17.7. The van der Waals surface area contributed by atoms with Gasteiger partial charge < -0.3 is 20.1 Å². The number of carboxylic acids is 1. The summed E-state index contributed by atoms with van der Waals surface area (Å²) in [7, 11) is 1.40. The number of ether oxygens (including phenoxy) is 1. The highest BCUT2D eigenvalue weighted by Crippen LogP contribution is 2.52. The van der Waals surface area contributed by atoms with Crippen molar-refractivity contribution in [3.8, 4) is 16.9 Å². The van der Waals surface area contributed by atoms with Crippen LogP contribution in [0, 0.1) is 5.82 Å². The lowest BCUT2D eigenvalue weighted by Crippen LogP contribution is -2.30. The molecule has 1 aliphatic rings. The second kappa shape index (κ2) is 7.42. The fourth-order valence-electron chi connectivity index (χ4n) is 4.07. The SMILES string of the molecule is COc1c(-c2ccc(N)cc2)c(F)cc2c(=O)c(C(=O)O)c3n(c12)C(c1ccccc1)S3. The number of thioether (sulfide) groups is 1. The third-order valence-corrected chi connectivity index (χ3v) is 6.84. The summed E-state index contributed by atoms with van der Waals surface area (Å²) in [5.41, 5.74) is 7.20. The second-order valence-corrected chi connectivity index (χ2v) is 8.42. The fourth-order valence-corrected chi connectivity index (χ4v) is 5.34. The van der Waals surface area contributed by atoms with Crippen LogP contribution in [0.4, 0.5) is 10.1 Å². The Morgan fingerprint density at radius 3 is 2.47 bits per heavy atom. The number of benzene rings is 3. The quantitative estimate of drug-likeness (QED) is 0.438. The van der Waals surface area contributed by atoms with E-state index in [-0.39, 0.29) is 27.6 Å². The first kappa shape index (κ1) is 20.1. The maximum absolute atomic E-state index is 15.3. The number of fused-ring (bicyclic) bond motifs is 3. The molecule has 0 spiro atoms. The van der Waals surface area contributed by atoms with Gasteiger partial charge >= 0.3 is 5.97 Å². The van der Waals surface area contributed by atoms with E-state index in [1.807, 2.05) is 30.3 Å². The molecule has 160 valence electrons. The van der Waals surface area contributed by atoms with Crippen molar-refractivity contribution in [3.63, 3.8) is 0 Å². The molecule has 6 nitrogen and oxygen atoms in total. The molecular weight excluding hydrogens is 431 g/mol. The van der Waals surface area contributed by atoms with E-state index in [4.69, 9.17) is 10.5 Å². The zero-order valence-electron chi connectivity index (χ0n) is 16.8. The third-order valence-electron chi connectivity index (χ3n) is 5.51. The van der Waals surface area contributed by atoms with Gasteiger partial charge in [-0.3, -0.25) is 4.79 Å². The maximum atomic E-state index is 15.3. The van der Waals surface area contributed by atoms with Crippen LogP contribution < -0.4 is 15.9 Å². The lowest BCUT2D eigenvalue weighted by atomic mass is 9.99. The topological polar surface area (TPSA) is 94.6 Å². The molecule has 1 unspecified atom stereocenters. The molecule has 32 heavy (non-hydrogen) atoms. The molecule has 0 aliphatic carbocycles. The number of hydrogen-bond acceptors (Lipinski definition) is 5. The molecule has 5 rings (SSSR count). The predicted molar refractivity (Wildman–Crippen MR) is 122 cm³/mol. The number of aromatic carboxylic acids is 1. The lowest BCUT2D eigenvalue weighted by molar-refractivity contribution is 0.0689. The molecular formula is C24H17FN2O4S. The van der Waals surface area contributed by atoms with Crippen molar-refractivity contribution in [2.75, 3.05) is 12.8 Å². The molecule has 0 saturated heterocycles. The van der Waals surface area contributed by atoms with Crippen molar-refractivity contribution in [2.45, 2.75) is 10.4 Å². The van der Waals surface area contributed by atoms with Crippen LogP contribution >= 0.6 is 11.8 Å². The minimum Gasteiger partial charge on any atom is -0.494 e. The smallest absolute Gasteiger partial charge is 0.342 e. The summed E-state index contributed by atoms with van der Waals surface area (Å²) >= 11 is 1.28. The molecule has 1 aromatic heterocycles. The molecule has 1 aliphatic heterocycles. The Balaban J connectivity index is 1.91. The van der Waals surface area contributed by atoms with Crippen LogP contribution in [0.5, 0.6) is 5.75 Å². The van der Waals surface area contributed by atoms with Gasteiger partial charge in [-0.2, -0.15) is 0 Å². The van der Waals surface area contributed by atoms with Gasteiger partial charge in [-0.15, -0.1) is 0 Å². The first-order chi connectivity index (χ1) is 15.4. The van der Waals surface area contributed by atoms with E-state index in [9.17, 15) is 14.7 Å². The fraction of sp³-hybridized carbons (Fsp3) is 0.0833. The average Bonchev–Trinajstić information content (AvgIpc) is 2.76. The van der Waals surface area contributed by atoms with Crippen molar-refractivity contribution < 1.29 is 19.0 Å². The van der Waals surface area contributed by atoms with Crippen LogP contribution in [0.3, 0.4) is 0 Å². The first-order valence-corrected chi connectivity index (χ1v) is 10.6. The molecule has 0 fully saturated rings. The highest BCUT2D eigenvalue weighted by atomic mass is 32.2. The minimum atomic E-state index is -1.35. The largest absolute Gasteiger partial charge is 0.494 e. The van der Waals surface area contributed by atoms with E-state index < -0.39 is 17.2 Å². The molecule has 0 amide bonds. The number of nitrogens with two attached hydrogens (primary N) is 1. The molecule has 3 N–H and O–H groups in total. The molecule has 1 atom stereocenters. The number of nitrogens with zero attached hydrogens (tertiary/aromatic N) is 1. The summed E-state index contributed by atoms with van der Waals surface area (Å²) in [6.07, 6.45) is 0. The Labute approximate surface area is 186 Å². The zero-order chi connectivity index (χ0) is 22.6. The first-order valence-electron chi connectivity index (χ1n) is 9.72. The monoisotopic (exact) mass is 448 g/mol. The van der Waals surface area contributed by atoms with Crippen LogP contribution in [0.2, 0.25) is 0 Å². The predicted octanol–water partition coefficient (Wildman–Crippen LogP) is 4.75. The molecule has 0 bridgehead atoms. The van der Waals surface area contributed by atoms with Gasteiger partial charge in [0.25, 0.3) is 0 Å². The van der Waals surface area contributed by atoms with Crippen LogP contribution in [-0.4, -0.2) is 22.8 Å². The Kier molecular flexibility index (Phi) is 4.67. The van der Waals surface area contributed by atoms with Gasteiger partial charge in [0.2, 0.25) is 5.43 Å². The van der Waals surface area contributed by atoms with E-state index >= 15 is 4.39 Å². The van der Waals surface area contributed by atoms with Gasteiger partial charge in [0.15, 0.2) is 5.75 Å². The van der Waals surface area contributed by atoms with E-state index in [0.29, 0.717) is 21.8 Å². The molecule has 4 aromatic rings. The average molecular weight is 448 g/mol. The third kappa shape index (κ3) is 2.87. The van der Waals surface area contributed by atoms with E-state index in [0.717, 1.165) is 11.6 Å². The van der Waals surface area contributed by atoms with Crippen LogP contribution in [-0.2, 0) is 0 Å². The minimum absolute atomic E-state index is 0.0408. The van der Waals surface area contributed by atoms with Crippen molar-refractivity contribution >= 4 is 34.3 Å². The normalized spacial score (nSPS) is 14.6. The van der Waals surface area contributed by atoms with Crippen LogP contribution in [0.1, 0.15) is 21.3 Å². The van der Waals surface area contributed by atoms with Gasteiger partial charge in [0.1, 0.15) is 16.8 Å². The number of halogens is 1. The summed E-state index contributed by atoms with van der Waals surface area (Å²) in [5, 5.41) is 9.70. The van der Waals surface area contributed by atoms with Crippen LogP contribution in [0.15, 0.2) is 70.5 Å². The highest BCUT2D eigenvalue weighted by molar-refractivity contribution is 8.00. The summed E-state index contributed by atoms with van der Waals surface area (Å²) in [5.74, 6) is -1.86. The van der Waals surface area contributed by atoms with E-state index in [1.54, 1.807) is 28.8 Å². The molecule has 3 aromatic carbocycles. The van der Waals surface area contributed by atoms with Crippen molar-refractivity contribution in [3.05, 3.63) is 87.8 Å². The second-order valence-electron chi connectivity index (χ2n) is 7.35. The highest BCUT2D eigenvalue weighted by Gasteiger charge is 2.38.